The van der Waals surface area contributed by atoms with Gasteiger partial charge < -0.3 is 10.0 Å². The minimum atomic E-state index is -0.704. The normalized spacial score (nSPS) is 28.2. The van der Waals surface area contributed by atoms with Gasteiger partial charge in [-0.15, -0.1) is 0 Å². The number of carbonyl (C=O) groups is 1. The van der Waals surface area contributed by atoms with Gasteiger partial charge in [-0.25, -0.2) is 0 Å². The summed E-state index contributed by atoms with van der Waals surface area (Å²) in [6, 6.07) is 1.05. The molecular formula is C13H25N3O2. The third kappa shape index (κ3) is 3.22. The molecule has 0 amide bonds. The second kappa shape index (κ2) is 5.99. The first-order chi connectivity index (χ1) is 8.58. The molecule has 2 fully saturated rings. The maximum absolute atomic E-state index is 11.0. The maximum Gasteiger partial charge on any atom is 0.317 e. The number of nitrogens with zero attached hydrogens (tertiary/aromatic N) is 3. The number of carboxylic acid groups (broad SMARTS) is 1. The molecule has 0 aromatic carbocycles. The number of hydrogen-bond acceptors (Lipinski definition) is 4. The summed E-state index contributed by atoms with van der Waals surface area (Å²) in [5.41, 5.74) is 0. The van der Waals surface area contributed by atoms with Crippen molar-refractivity contribution in [2.45, 2.75) is 31.3 Å². The highest BCUT2D eigenvalue weighted by Gasteiger charge is 2.40. The van der Waals surface area contributed by atoms with Crippen LogP contribution in [0.25, 0.3) is 0 Å². The lowest BCUT2D eigenvalue weighted by molar-refractivity contribution is -0.139. The van der Waals surface area contributed by atoms with Gasteiger partial charge in [-0.05, 0) is 39.9 Å². The van der Waals surface area contributed by atoms with Gasteiger partial charge in [0, 0.05) is 31.7 Å². The third-order valence-corrected chi connectivity index (χ3v) is 4.21. The largest absolute Gasteiger partial charge is 0.480 e. The first-order valence-corrected chi connectivity index (χ1v) is 6.92. The second-order valence-corrected chi connectivity index (χ2v) is 5.77. The molecule has 0 bridgehead atoms. The topological polar surface area (TPSA) is 47.0 Å². The quantitative estimate of drug-likeness (QED) is 0.733. The summed E-state index contributed by atoms with van der Waals surface area (Å²) in [6.07, 6.45) is 3.64. The zero-order chi connectivity index (χ0) is 13.1. The monoisotopic (exact) mass is 255 g/mol. The molecule has 18 heavy (non-hydrogen) atoms. The van der Waals surface area contributed by atoms with E-state index in [4.69, 9.17) is 5.11 Å². The molecule has 2 unspecified atom stereocenters. The summed E-state index contributed by atoms with van der Waals surface area (Å²) in [5, 5.41) is 9.08. The predicted molar refractivity (Wildman–Crippen MR) is 70.8 cm³/mol. The Morgan fingerprint density at radius 1 is 1.28 bits per heavy atom. The van der Waals surface area contributed by atoms with E-state index >= 15 is 0 Å². The summed E-state index contributed by atoms with van der Waals surface area (Å²) in [5.74, 6) is -0.704. The van der Waals surface area contributed by atoms with Crippen LogP contribution in [0.5, 0.6) is 0 Å². The summed E-state index contributed by atoms with van der Waals surface area (Å²) in [6.45, 7) is 4.32. The molecule has 0 saturated carbocycles. The van der Waals surface area contributed by atoms with Gasteiger partial charge in [-0.1, -0.05) is 0 Å². The second-order valence-electron chi connectivity index (χ2n) is 5.77. The molecule has 0 aromatic heterocycles. The van der Waals surface area contributed by atoms with Crippen molar-refractivity contribution in [1.29, 1.82) is 0 Å². The van der Waals surface area contributed by atoms with E-state index in [1.807, 2.05) is 14.1 Å². The van der Waals surface area contributed by atoms with Gasteiger partial charge in [-0.3, -0.25) is 14.6 Å². The highest BCUT2D eigenvalue weighted by atomic mass is 16.4. The Balaban J connectivity index is 1.96. The number of fused-ring (bicyclic) bond motifs is 1. The first-order valence-electron chi connectivity index (χ1n) is 6.92. The molecule has 2 aliphatic rings. The fourth-order valence-electron chi connectivity index (χ4n) is 3.35. The highest BCUT2D eigenvalue weighted by Crippen LogP contribution is 2.31. The zero-order valence-corrected chi connectivity index (χ0v) is 11.5. The van der Waals surface area contributed by atoms with E-state index in [9.17, 15) is 4.79 Å². The van der Waals surface area contributed by atoms with Crippen molar-refractivity contribution in [1.82, 2.24) is 14.7 Å². The van der Waals surface area contributed by atoms with Crippen LogP contribution in [0.1, 0.15) is 19.3 Å². The number of aliphatic carboxylic acids is 1. The van der Waals surface area contributed by atoms with E-state index in [0.717, 1.165) is 26.1 Å². The van der Waals surface area contributed by atoms with Crippen molar-refractivity contribution in [2.75, 3.05) is 46.8 Å². The van der Waals surface area contributed by atoms with Crippen LogP contribution in [-0.2, 0) is 4.79 Å². The van der Waals surface area contributed by atoms with Crippen LogP contribution in [0.3, 0.4) is 0 Å². The molecule has 2 atom stereocenters. The Morgan fingerprint density at radius 3 is 2.72 bits per heavy atom. The van der Waals surface area contributed by atoms with E-state index < -0.39 is 5.97 Å². The van der Waals surface area contributed by atoms with Crippen molar-refractivity contribution in [3.8, 4) is 0 Å². The molecule has 1 N–H and O–H groups in total. The average molecular weight is 255 g/mol. The van der Waals surface area contributed by atoms with Crippen LogP contribution >= 0.6 is 0 Å². The van der Waals surface area contributed by atoms with Crippen LogP contribution in [0.4, 0.5) is 0 Å². The van der Waals surface area contributed by atoms with Crippen molar-refractivity contribution in [3.05, 3.63) is 0 Å². The lowest BCUT2D eigenvalue weighted by atomic mass is 10.0. The van der Waals surface area contributed by atoms with Gasteiger partial charge in [0.1, 0.15) is 0 Å². The summed E-state index contributed by atoms with van der Waals surface area (Å²) < 4.78 is 0. The molecule has 2 heterocycles. The Labute approximate surface area is 109 Å². The van der Waals surface area contributed by atoms with Gasteiger partial charge in [0.15, 0.2) is 0 Å². The fourth-order valence-corrected chi connectivity index (χ4v) is 3.35. The lowest BCUT2D eigenvalue weighted by Crippen LogP contribution is -2.47. The van der Waals surface area contributed by atoms with E-state index in [1.54, 1.807) is 0 Å². The van der Waals surface area contributed by atoms with Crippen molar-refractivity contribution in [2.24, 2.45) is 0 Å². The number of rotatable bonds is 6. The SMILES string of the molecule is CN(C)CCN(CC(=O)O)C1CCN2CCCC12. The Morgan fingerprint density at radius 2 is 2.06 bits per heavy atom. The van der Waals surface area contributed by atoms with E-state index in [1.165, 1.54) is 19.4 Å². The average Bonchev–Trinajstić information content (AvgIpc) is 2.85. The molecule has 0 aliphatic carbocycles. The highest BCUT2D eigenvalue weighted by molar-refractivity contribution is 5.69. The van der Waals surface area contributed by atoms with Gasteiger partial charge in [0.2, 0.25) is 0 Å². The van der Waals surface area contributed by atoms with Crippen LogP contribution in [0.15, 0.2) is 0 Å². The Kier molecular flexibility index (Phi) is 4.59. The molecule has 2 saturated heterocycles. The first kappa shape index (κ1) is 13.8. The molecule has 0 radical (unpaired) electrons. The number of likely N-dealkylation sites (N-methyl/N-ethyl adjacent to an activating group) is 1. The standard InChI is InChI=1S/C13H25N3O2/c1-14(2)8-9-16(10-13(17)18)12-5-7-15-6-3-4-11(12)15/h11-12H,3-10H2,1-2H3,(H,17,18). The van der Waals surface area contributed by atoms with Crippen LogP contribution < -0.4 is 0 Å². The fraction of sp³-hybridized carbons (Fsp3) is 0.923. The van der Waals surface area contributed by atoms with Crippen molar-refractivity contribution in [3.63, 3.8) is 0 Å². The molecule has 0 aromatic rings. The number of carboxylic acids is 1. The van der Waals surface area contributed by atoms with Crippen molar-refractivity contribution >= 4 is 5.97 Å². The van der Waals surface area contributed by atoms with Gasteiger partial charge in [0.25, 0.3) is 0 Å². The van der Waals surface area contributed by atoms with Crippen LogP contribution in [-0.4, -0.2) is 84.7 Å². The minimum absolute atomic E-state index is 0.183. The maximum atomic E-state index is 11.0. The number of hydrogen-bond donors (Lipinski definition) is 1. The summed E-state index contributed by atoms with van der Waals surface area (Å²) in [4.78, 5) is 17.9. The van der Waals surface area contributed by atoms with Gasteiger partial charge in [0.05, 0.1) is 6.54 Å². The van der Waals surface area contributed by atoms with Crippen molar-refractivity contribution < 1.29 is 9.90 Å². The molecule has 2 rings (SSSR count). The molecule has 0 spiro atoms. The smallest absolute Gasteiger partial charge is 0.317 e. The summed E-state index contributed by atoms with van der Waals surface area (Å²) in [7, 11) is 4.07. The molecule has 5 nitrogen and oxygen atoms in total. The van der Waals surface area contributed by atoms with Crippen LogP contribution in [0, 0.1) is 0 Å². The summed E-state index contributed by atoms with van der Waals surface area (Å²) >= 11 is 0. The zero-order valence-electron chi connectivity index (χ0n) is 11.5. The van der Waals surface area contributed by atoms with Crippen LogP contribution in [0.2, 0.25) is 0 Å². The van der Waals surface area contributed by atoms with E-state index in [-0.39, 0.29) is 6.54 Å². The van der Waals surface area contributed by atoms with E-state index in [2.05, 4.69) is 14.7 Å². The molecule has 5 heteroatoms. The Bertz CT molecular complexity index is 296. The lowest BCUT2D eigenvalue weighted by Gasteiger charge is -2.32. The molecular weight excluding hydrogens is 230 g/mol. The van der Waals surface area contributed by atoms with Gasteiger partial charge in [-0.2, -0.15) is 0 Å². The molecule has 104 valence electrons. The predicted octanol–water partition coefficient (Wildman–Crippen LogP) is 0.171. The Hall–Kier alpha value is -0.650. The van der Waals surface area contributed by atoms with E-state index in [0.29, 0.717) is 12.1 Å². The minimum Gasteiger partial charge on any atom is -0.480 e. The van der Waals surface area contributed by atoms with Gasteiger partial charge >= 0.3 is 5.97 Å². The third-order valence-electron chi connectivity index (χ3n) is 4.21. The molecule has 2 aliphatic heterocycles.